The van der Waals surface area contributed by atoms with E-state index in [1.807, 2.05) is 84.9 Å². The lowest BCUT2D eigenvalue weighted by Gasteiger charge is -2.17. The standard InChI is InChI=1S/C27H28N2O6/c30-23(17-28-27(34)35-18-20-7-3-1-4-8-20)16-25(31)29-24(26(32)33)15-19-11-13-22(14-12-19)21-9-5-2-6-10-21/h1-14,23-24,30H,15-18H2,(H,28,34)(H,29,31)(H,32,33)/t23-,24+/m1/s1. The summed E-state index contributed by atoms with van der Waals surface area (Å²) in [7, 11) is 0. The Kier molecular flexibility index (Phi) is 9.39. The second kappa shape index (κ2) is 12.9. The highest BCUT2D eigenvalue weighted by Crippen LogP contribution is 2.19. The highest BCUT2D eigenvalue weighted by Gasteiger charge is 2.22. The number of hydrogen-bond acceptors (Lipinski definition) is 5. The summed E-state index contributed by atoms with van der Waals surface area (Å²) in [5.74, 6) is -1.81. The van der Waals surface area contributed by atoms with Crippen LogP contribution in [0.5, 0.6) is 0 Å². The van der Waals surface area contributed by atoms with Gasteiger partial charge in [0.2, 0.25) is 5.91 Å². The van der Waals surface area contributed by atoms with Crippen molar-refractivity contribution in [2.75, 3.05) is 6.54 Å². The summed E-state index contributed by atoms with van der Waals surface area (Å²) >= 11 is 0. The lowest BCUT2D eigenvalue weighted by atomic mass is 10.0. The smallest absolute Gasteiger partial charge is 0.407 e. The van der Waals surface area contributed by atoms with Gasteiger partial charge < -0.3 is 25.6 Å². The summed E-state index contributed by atoms with van der Waals surface area (Å²) in [6.07, 6.45) is -2.19. The number of ether oxygens (including phenoxy) is 1. The molecule has 0 aliphatic heterocycles. The van der Waals surface area contributed by atoms with Crippen LogP contribution < -0.4 is 10.6 Å². The highest BCUT2D eigenvalue weighted by molar-refractivity contribution is 5.84. The molecule has 0 unspecified atom stereocenters. The van der Waals surface area contributed by atoms with Gasteiger partial charge in [-0.25, -0.2) is 9.59 Å². The first kappa shape index (κ1) is 25.5. The van der Waals surface area contributed by atoms with E-state index < -0.39 is 30.1 Å². The molecule has 0 aromatic heterocycles. The van der Waals surface area contributed by atoms with E-state index in [9.17, 15) is 24.6 Å². The summed E-state index contributed by atoms with van der Waals surface area (Å²) in [6, 6.07) is 25.2. The quantitative estimate of drug-likeness (QED) is 0.337. The van der Waals surface area contributed by atoms with Crippen molar-refractivity contribution < 1.29 is 29.3 Å². The van der Waals surface area contributed by atoms with Gasteiger partial charge in [-0.05, 0) is 22.3 Å². The molecule has 4 N–H and O–H groups in total. The van der Waals surface area contributed by atoms with E-state index in [2.05, 4.69) is 10.6 Å². The van der Waals surface area contributed by atoms with Crippen molar-refractivity contribution in [1.82, 2.24) is 10.6 Å². The lowest BCUT2D eigenvalue weighted by molar-refractivity contribution is -0.142. The number of carbonyl (C=O) groups is 3. The van der Waals surface area contributed by atoms with Gasteiger partial charge in [0.1, 0.15) is 12.6 Å². The molecule has 0 spiro atoms. The number of rotatable bonds is 11. The molecular formula is C27H28N2O6. The van der Waals surface area contributed by atoms with Crippen molar-refractivity contribution in [3.8, 4) is 11.1 Å². The van der Waals surface area contributed by atoms with Crippen molar-refractivity contribution in [2.24, 2.45) is 0 Å². The number of nitrogens with one attached hydrogen (secondary N) is 2. The van der Waals surface area contributed by atoms with Gasteiger partial charge in [0.05, 0.1) is 12.5 Å². The topological polar surface area (TPSA) is 125 Å². The SMILES string of the molecule is O=C(C[C@@H](O)CNC(=O)OCc1ccccc1)N[C@@H](Cc1ccc(-c2ccccc2)cc1)C(=O)O. The number of amides is 2. The summed E-state index contributed by atoms with van der Waals surface area (Å²) in [5.41, 5.74) is 3.62. The van der Waals surface area contributed by atoms with Crippen LogP contribution >= 0.6 is 0 Å². The number of aliphatic carboxylic acids is 1. The molecule has 3 rings (SSSR count). The third kappa shape index (κ3) is 8.60. The van der Waals surface area contributed by atoms with Crippen molar-refractivity contribution in [3.05, 3.63) is 96.1 Å². The molecule has 0 aliphatic carbocycles. The number of hydrogen-bond donors (Lipinski definition) is 4. The maximum Gasteiger partial charge on any atom is 0.407 e. The summed E-state index contributed by atoms with van der Waals surface area (Å²) in [5, 5.41) is 24.4. The molecule has 0 saturated carbocycles. The van der Waals surface area contributed by atoms with Crippen LogP contribution in [0.25, 0.3) is 11.1 Å². The number of benzene rings is 3. The zero-order valence-electron chi connectivity index (χ0n) is 19.1. The van der Waals surface area contributed by atoms with E-state index in [0.29, 0.717) is 0 Å². The molecule has 0 heterocycles. The molecule has 182 valence electrons. The van der Waals surface area contributed by atoms with Gasteiger partial charge in [0, 0.05) is 13.0 Å². The van der Waals surface area contributed by atoms with Gasteiger partial charge in [-0.15, -0.1) is 0 Å². The fourth-order valence-electron chi connectivity index (χ4n) is 3.41. The molecule has 8 heteroatoms. The van der Waals surface area contributed by atoms with Crippen LogP contribution in [0, 0.1) is 0 Å². The number of alkyl carbamates (subject to hydrolysis) is 1. The maximum atomic E-state index is 12.3. The second-order valence-electron chi connectivity index (χ2n) is 8.03. The number of aliphatic hydroxyl groups is 1. The Hall–Kier alpha value is -4.17. The van der Waals surface area contributed by atoms with Crippen LogP contribution in [-0.4, -0.2) is 46.9 Å². The van der Waals surface area contributed by atoms with Crippen molar-refractivity contribution in [3.63, 3.8) is 0 Å². The van der Waals surface area contributed by atoms with E-state index in [1.54, 1.807) is 0 Å². The minimum absolute atomic E-state index is 0.0792. The van der Waals surface area contributed by atoms with Crippen molar-refractivity contribution in [1.29, 1.82) is 0 Å². The monoisotopic (exact) mass is 476 g/mol. The maximum absolute atomic E-state index is 12.3. The largest absolute Gasteiger partial charge is 0.480 e. The number of carbonyl (C=O) groups excluding carboxylic acids is 2. The Morgan fingerprint density at radius 3 is 2.03 bits per heavy atom. The molecule has 0 bridgehead atoms. The third-order valence-electron chi connectivity index (χ3n) is 5.25. The molecule has 3 aromatic rings. The highest BCUT2D eigenvalue weighted by atomic mass is 16.5. The van der Waals surface area contributed by atoms with E-state index >= 15 is 0 Å². The first-order chi connectivity index (χ1) is 16.9. The molecule has 2 atom stereocenters. The predicted octanol–water partition coefficient (Wildman–Crippen LogP) is 3.14. The number of carboxylic acids is 1. The first-order valence-electron chi connectivity index (χ1n) is 11.2. The van der Waals surface area contributed by atoms with Crippen molar-refractivity contribution >= 4 is 18.0 Å². The van der Waals surface area contributed by atoms with Crippen molar-refractivity contribution in [2.45, 2.75) is 31.6 Å². The summed E-state index contributed by atoms with van der Waals surface area (Å²) < 4.78 is 5.04. The molecule has 3 aromatic carbocycles. The summed E-state index contributed by atoms with van der Waals surface area (Å²) in [6.45, 7) is -0.129. The zero-order chi connectivity index (χ0) is 25.0. The molecule has 0 fully saturated rings. The molecule has 0 saturated heterocycles. The number of carboxylic acid groups (broad SMARTS) is 1. The Morgan fingerprint density at radius 1 is 0.800 bits per heavy atom. The Bertz CT molecular complexity index is 1100. The molecule has 0 aliphatic rings. The lowest BCUT2D eigenvalue weighted by Crippen LogP contribution is -2.44. The molecule has 2 amide bonds. The zero-order valence-corrected chi connectivity index (χ0v) is 19.1. The van der Waals surface area contributed by atoms with E-state index in [4.69, 9.17) is 4.74 Å². The van der Waals surface area contributed by atoms with Gasteiger partial charge in [0.15, 0.2) is 0 Å². The van der Waals surface area contributed by atoms with Gasteiger partial charge in [-0.3, -0.25) is 4.79 Å². The van der Waals surface area contributed by atoms with Gasteiger partial charge in [-0.1, -0.05) is 84.9 Å². The Labute approximate surface area is 203 Å². The number of aliphatic hydroxyl groups excluding tert-OH is 1. The predicted molar refractivity (Wildman–Crippen MR) is 130 cm³/mol. The molecule has 35 heavy (non-hydrogen) atoms. The minimum atomic E-state index is -1.20. The van der Waals surface area contributed by atoms with E-state index in [-0.39, 0.29) is 26.0 Å². The molecule has 0 radical (unpaired) electrons. The molecule has 8 nitrogen and oxygen atoms in total. The van der Waals surface area contributed by atoms with Crippen LogP contribution in [-0.2, 0) is 27.4 Å². The van der Waals surface area contributed by atoms with E-state index in [0.717, 1.165) is 22.3 Å². The van der Waals surface area contributed by atoms with Gasteiger partial charge >= 0.3 is 12.1 Å². The first-order valence-corrected chi connectivity index (χ1v) is 11.2. The fraction of sp³-hybridized carbons (Fsp3) is 0.222. The van der Waals surface area contributed by atoms with Crippen LogP contribution in [0.2, 0.25) is 0 Å². The van der Waals surface area contributed by atoms with Crippen LogP contribution in [0.3, 0.4) is 0 Å². The van der Waals surface area contributed by atoms with Gasteiger partial charge in [0.25, 0.3) is 0 Å². The second-order valence-corrected chi connectivity index (χ2v) is 8.03. The Morgan fingerprint density at radius 2 is 1.40 bits per heavy atom. The Balaban J connectivity index is 1.43. The van der Waals surface area contributed by atoms with Crippen LogP contribution in [0.1, 0.15) is 17.5 Å². The van der Waals surface area contributed by atoms with Crippen LogP contribution in [0.4, 0.5) is 4.79 Å². The normalized spacial score (nSPS) is 12.3. The van der Waals surface area contributed by atoms with Crippen LogP contribution in [0.15, 0.2) is 84.9 Å². The molecular weight excluding hydrogens is 448 g/mol. The minimum Gasteiger partial charge on any atom is -0.480 e. The summed E-state index contributed by atoms with van der Waals surface area (Å²) in [4.78, 5) is 35.7. The fourth-order valence-corrected chi connectivity index (χ4v) is 3.41. The van der Waals surface area contributed by atoms with E-state index in [1.165, 1.54) is 0 Å². The third-order valence-corrected chi connectivity index (χ3v) is 5.25. The average Bonchev–Trinajstić information content (AvgIpc) is 2.87. The average molecular weight is 477 g/mol. The van der Waals surface area contributed by atoms with Gasteiger partial charge in [-0.2, -0.15) is 0 Å².